The molecule has 0 bridgehead atoms. The Labute approximate surface area is 151 Å². The van der Waals surface area contributed by atoms with Crippen LogP contribution in [0.1, 0.15) is 31.6 Å². The zero-order chi connectivity index (χ0) is 17.7. The van der Waals surface area contributed by atoms with Crippen LogP contribution in [-0.2, 0) is 16.4 Å². The third-order valence-electron chi connectivity index (χ3n) is 4.70. The average molecular weight is 374 g/mol. The molecule has 2 rings (SSSR count). The van der Waals surface area contributed by atoms with E-state index in [9.17, 15) is 8.42 Å². The van der Waals surface area contributed by atoms with Gasteiger partial charge in [-0.3, -0.25) is 4.90 Å². The summed E-state index contributed by atoms with van der Waals surface area (Å²) in [5.41, 5.74) is 0. The first-order valence-electron chi connectivity index (χ1n) is 8.86. The van der Waals surface area contributed by atoms with Gasteiger partial charge in [-0.25, -0.2) is 8.42 Å². The van der Waals surface area contributed by atoms with Gasteiger partial charge in [-0.15, -0.1) is 11.3 Å². The molecular formula is C17H31N3O2S2. The van der Waals surface area contributed by atoms with E-state index in [1.807, 2.05) is 25.1 Å². The molecule has 1 aromatic rings. The molecule has 0 radical (unpaired) electrons. The Hall–Kier alpha value is -0.470. The second-order valence-corrected chi connectivity index (χ2v) is 10.00. The molecule has 1 atom stereocenters. The van der Waals surface area contributed by atoms with Crippen molar-refractivity contribution in [1.82, 2.24) is 14.1 Å². The van der Waals surface area contributed by atoms with Crippen molar-refractivity contribution in [3.05, 3.63) is 17.0 Å². The zero-order valence-electron chi connectivity index (χ0n) is 15.4. The van der Waals surface area contributed by atoms with E-state index in [1.165, 1.54) is 17.8 Å². The molecule has 1 fully saturated rings. The molecule has 2 heterocycles. The first-order valence-corrected chi connectivity index (χ1v) is 11.1. The molecule has 1 aromatic heterocycles. The van der Waals surface area contributed by atoms with Crippen LogP contribution in [0, 0.1) is 0 Å². The first kappa shape index (κ1) is 19.8. The number of nitrogens with zero attached hydrogens (tertiary/aromatic N) is 3. The van der Waals surface area contributed by atoms with Crippen molar-refractivity contribution in [3.63, 3.8) is 0 Å². The molecule has 7 heteroatoms. The molecule has 1 aliphatic rings. The Morgan fingerprint density at radius 2 is 2.00 bits per heavy atom. The number of hydrogen-bond acceptors (Lipinski definition) is 5. The molecule has 0 aromatic carbocycles. The SMILES string of the molecule is CCc1ccc(S(=O)(=O)N(CCN(C)C)CC2CCCN2CC)s1. The van der Waals surface area contributed by atoms with E-state index in [4.69, 9.17) is 0 Å². The van der Waals surface area contributed by atoms with E-state index in [0.717, 1.165) is 37.4 Å². The highest BCUT2D eigenvalue weighted by molar-refractivity contribution is 7.91. The van der Waals surface area contributed by atoms with Gasteiger partial charge >= 0.3 is 0 Å². The number of hydrogen-bond donors (Lipinski definition) is 0. The van der Waals surface area contributed by atoms with Crippen molar-refractivity contribution in [2.75, 3.05) is 46.8 Å². The molecule has 5 nitrogen and oxygen atoms in total. The maximum absolute atomic E-state index is 13.2. The second kappa shape index (κ2) is 8.76. The molecule has 1 unspecified atom stereocenters. The molecule has 138 valence electrons. The van der Waals surface area contributed by atoms with Crippen LogP contribution in [-0.4, -0.2) is 75.4 Å². The summed E-state index contributed by atoms with van der Waals surface area (Å²) in [5, 5.41) is 0. The summed E-state index contributed by atoms with van der Waals surface area (Å²) in [4.78, 5) is 5.57. The quantitative estimate of drug-likeness (QED) is 0.666. The van der Waals surface area contributed by atoms with Gasteiger partial charge in [0.1, 0.15) is 4.21 Å². The Morgan fingerprint density at radius 3 is 2.58 bits per heavy atom. The van der Waals surface area contributed by atoms with Gasteiger partial charge in [-0.05, 0) is 58.6 Å². The lowest BCUT2D eigenvalue weighted by molar-refractivity contribution is 0.220. The Morgan fingerprint density at radius 1 is 1.25 bits per heavy atom. The fourth-order valence-corrected chi connectivity index (χ4v) is 6.11. The topological polar surface area (TPSA) is 43.9 Å². The predicted octanol–water partition coefficient (Wildman–Crippen LogP) is 2.35. The van der Waals surface area contributed by atoms with E-state index in [-0.39, 0.29) is 0 Å². The average Bonchev–Trinajstić information content (AvgIpc) is 3.19. The molecule has 1 aliphatic heterocycles. The number of rotatable bonds is 9. The molecule has 0 aliphatic carbocycles. The van der Waals surface area contributed by atoms with Crippen LogP contribution in [0.2, 0.25) is 0 Å². The lowest BCUT2D eigenvalue weighted by Gasteiger charge is -2.30. The summed E-state index contributed by atoms with van der Waals surface area (Å²) in [5.74, 6) is 0. The molecule has 1 saturated heterocycles. The van der Waals surface area contributed by atoms with Crippen LogP contribution in [0.15, 0.2) is 16.3 Å². The normalized spacial score (nSPS) is 19.7. The van der Waals surface area contributed by atoms with Crippen molar-refractivity contribution in [3.8, 4) is 0 Å². The zero-order valence-corrected chi connectivity index (χ0v) is 17.0. The minimum absolute atomic E-state index is 0.345. The van der Waals surface area contributed by atoms with Crippen LogP contribution in [0.5, 0.6) is 0 Å². The summed E-state index contributed by atoms with van der Waals surface area (Å²) in [6.45, 7) is 8.18. The van der Waals surface area contributed by atoms with Crippen LogP contribution in [0.3, 0.4) is 0 Å². The maximum atomic E-state index is 13.2. The smallest absolute Gasteiger partial charge is 0.252 e. The van der Waals surface area contributed by atoms with Crippen molar-refractivity contribution in [2.24, 2.45) is 0 Å². The Kier molecular flexibility index (Phi) is 7.24. The van der Waals surface area contributed by atoms with Crippen molar-refractivity contribution in [2.45, 2.75) is 43.4 Å². The molecule has 0 amide bonds. The van der Waals surface area contributed by atoms with Gasteiger partial charge in [-0.1, -0.05) is 13.8 Å². The Balaban J connectivity index is 2.20. The lowest BCUT2D eigenvalue weighted by Crippen LogP contribution is -2.45. The van der Waals surface area contributed by atoms with Crippen LogP contribution in [0.4, 0.5) is 0 Å². The number of likely N-dealkylation sites (tertiary alicyclic amines) is 1. The van der Waals surface area contributed by atoms with Crippen molar-refractivity contribution in [1.29, 1.82) is 0 Å². The summed E-state index contributed by atoms with van der Waals surface area (Å²) in [6, 6.07) is 4.06. The maximum Gasteiger partial charge on any atom is 0.252 e. The summed E-state index contributed by atoms with van der Waals surface area (Å²) in [6.07, 6.45) is 3.13. The van der Waals surface area contributed by atoms with Gasteiger partial charge < -0.3 is 4.90 Å². The van der Waals surface area contributed by atoms with Gasteiger partial charge in [0, 0.05) is 30.6 Å². The van der Waals surface area contributed by atoms with Crippen LogP contribution in [0.25, 0.3) is 0 Å². The highest BCUT2D eigenvalue weighted by Gasteiger charge is 2.32. The second-order valence-electron chi connectivity index (χ2n) is 6.67. The largest absolute Gasteiger partial charge is 0.308 e. The summed E-state index contributed by atoms with van der Waals surface area (Å²) in [7, 11) is 0.564. The number of aryl methyl sites for hydroxylation is 1. The summed E-state index contributed by atoms with van der Waals surface area (Å²) < 4.78 is 28.5. The number of likely N-dealkylation sites (N-methyl/N-ethyl adjacent to an activating group) is 2. The molecule has 0 saturated carbocycles. The number of sulfonamides is 1. The molecule has 0 spiro atoms. The highest BCUT2D eigenvalue weighted by Crippen LogP contribution is 2.27. The first-order chi connectivity index (χ1) is 11.4. The predicted molar refractivity (Wildman–Crippen MR) is 101 cm³/mol. The molecular weight excluding hydrogens is 342 g/mol. The third kappa shape index (κ3) is 4.79. The van der Waals surface area contributed by atoms with E-state index in [0.29, 0.717) is 23.3 Å². The lowest BCUT2D eigenvalue weighted by atomic mass is 10.2. The van der Waals surface area contributed by atoms with Crippen LogP contribution >= 0.6 is 11.3 Å². The fourth-order valence-electron chi connectivity index (χ4n) is 3.19. The van der Waals surface area contributed by atoms with Gasteiger partial charge in [-0.2, -0.15) is 4.31 Å². The van der Waals surface area contributed by atoms with E-state index < -0.39 is 10.0 Å². The van der Waals surface area contributed by atoms with E-state index in [2.05, 4.69) is 18.7 Å². The monoisotopic (exact) mass is 373 g/mol. The van der Waals surface area contributed by atoms with Crippen molar-refractivity contribution >= 4 is 21.4 Å². The molecule has 0 N–H and O–H groups in total. The van der Waals surface area contributed by atoms with Gasteiger partial charge in [0.2, 0.25) is 0 Å². The molecule has 24 heavy (non-hydrogen) atoms. The minimum Gasteiger partial charge on any atom is -0.308 e. The number of thiophene rings is 1. The van der Waals surface area contributed by atoms with E-state index in [1.54, 1.807) is 10.4 Å². The highest BCUT2D eigenvalue weighted by atomic mass is 32.2. The van der Waals surface area contributed by atoms with Crippen molar-refractivity contribution < 1.29 is 8.42 Å². The fraction of sp³-hybridized carbons (Fsp3) is 0.765. The van der Waals surface area contributed by atoms with Crippen LogP contribution < -0.4 is 0 Å². The summed E-state index contributed by atoms with van der Waals surface area (Å²) >= 11 is 1.41. The standard InChI is InChI=1S/C17H31N3O2S2/c1-5-16-9-10-17(23-16)24(21,22)20(13-12-18(3)4)14-15-8-7-11-19(15)6-2/h9-10,15H,5-8,11-14H2,1-4H3. The van der Waals surface area contributed by atoms with Gasteiger partial charge in [0.25, 0.3) is 10.0 Å². The van der Waals surface area contributed by atoms with Gasteiger partial charge in [0.15, 0.2) is 0 Å². The third-order valence-corrected chi connectivity index (χ3v) is 8.26. The minimum atomic E-state index is -3.41. The Bertz CT molecular complexity index is 613. The van der Waals surface area contributed by atoms with E-state index >= 15 is 0 Å². The van der Waals surface area contributed by atoms with Gasteiger partial charge in [0.05, 0.1) is 0 Å².